The summed E-state index contributed by atoms with van der Waals surface area (Å²) in [6.45, 7) is 4.31. The van der Waals surface area contributed by atoms with E-state index < -0.39 is 0 Å². The van der Waals surface area contributed by atoms with Gasteiger partial charge < -0.3 is 9.80 Å². The maximum atomic E-state index is 12.6. The first-order valence-electron chi connectivity index (χ1n) is 8.27. The Morgan fingerprint density at radius 2 is 2.00 bits per heavy atom. The molecule has 118 valence electrons. The minimum Gasteiger partial charge on any atom is -0.340 e. The molecule has 0 aliphatic carbocycles. The normalized spacial score (nSPS) is 25.0. The van der Waals surface area contributed by atoms with Gasteiger partial charge in [0.2, 0.25) is 11.8 Å². The van der Waals surface area contributed by atoms with E-state index in [9.17, 15) is 9.59 Å². The highest BCUT2D eigenvalue weighted by molar-refractivity contribution is 5.81. The zero-order valence-electron chi connectivity index (χ0n) is 13.3. The number of likely N-dealkylation sites (N-methyl/N-ethyl adjacent to an activating group) is 1. The fraction of sp³-hybridized carbons (Fsp3) is 0.556. The van der Waals surface area contributed by atoms with E-state index in [2.05, 4.69) is 0 Å². The summed E-state index contributed by atoms with van der Waals surface area (Å²) in [5.41, 5.74) is 0.957. The molecule has 2 saturated heterocycles. The molecule has 0 N–H and O–H groups in total. The van der Waals surface area contributed by atoms with Gasteiger partial charge in [-0.05, 0) is 31.7 Å². The van der Waals surface area contributed by atoms with Crippen molar-refractivity contribution >= 4 is 11.8 Å². The smallest absolute Gasteiger partial charge is 0.227 e. The molecule has 1 atom stereocenters. The molecule has 4 nitrogen and oxygen atoms in total. The molecule has 2 amide bonds. The predicted molar refractivity (Wildman–Crippen MR) is 85.3 cm³/mol. The molecule has 0 bridgehead atoms. The van der Waals surface area contributed by atoms with Crippen molar-refractivity contribution in [2.75, 3.05) is 19.6 Å². The minimum atomic E-state index is -0.101. The van der Waals surface area contributed by atoms with Crippen LogP contribution in [0.4, 0.5) is 0 Å². The number of nitrogens with zero attached hydrogens (tertiary/aromatic N) is 2. The Morgan fingerprint density at radius 1 is 1.23 bits per heavy atom. The maximum absolute atomic E-state index is 12.6. The number of likely N-dealkylation sites (tertiary alicyclic amines) is 2. The van der Waals surface area contributed by atoms with Crippen LogP contribution in [0.2, 0.25) is 0 Å². The highest BCUT2D eigenvalue weighted by Gasteiger charge is 2.47. The first-order valence-corrected chi connectivity index (χ1v) is 8.27. The summed E-state index contributed by atoms with van der Waals surface area (Å²) in [5, 5.41) is 0. The van der Waals surface area contributed by atoms with Gasteiger partial charge in [0.25, 0.3) is 0 Å². The van der Waals surface area contributed by atoms with Gasteiger partial charge in [0.1, 0.15) is 0 Å². The van der Waals surface area contributed by atoms with Gasteiger partial charge in [0.15, 0.2) is 0 Å². The molecule has 0 aromatic heterocycles. The molecule has 1 aromatic rings. The molecule has 1 aromatic carbocycles. The van der Waals surface area contributed by atoms with Crippen molar-refractivity contribution < 1.29 is 9.59 Å². The van der Waals surface area contributed by atoms with E-state index in [1.54, 1.807) is 0 Å². The van der Waals surface area contributed by atoms with Crippen molar-refractivity contribution in [1.82, 2.24) is 9.80 Å². The lowest BCUT2D eigenvalue weighted by Gasteiger charge is -2.45. The zero-order valence-corrected chi connectivity index (χ0v) is 13.3. The summed E-state index contributed by atoms with van der Waals surface area (Å²) < 4.78 is 0. The van der Waals surface area contributed by atoms with E-state index in [4.69, 9.17) is 0 Å². The summed E-state index contributed by atoms with van der Waals surface area (Å²) in [4.78, 5) is 28.7. The molecule has 2 aliphatic rings. The van der Waals surface area contributed by atoms with E-state index in [0.717, 1.165) is 37.9 Å². The Morgan fingerprint density at radius 3 is 2.73 bits per heavy atom. The summed E-state index contributed by atoms with van der Waals surface area (Å²) >= 11 is 0. The van der Waals surface area contributed by atoms with Gasteiger partial charge in [-0.25, -0.2) is 0 Å². The van der Waals surface area contributed by atoms with Gasteiger partial charge in [-0.3, -0.25) is 9.59 Å². The van der Waals surface area contributed by atoms with Crippen LogP contribution in [0.1, 0.15) is 38.2 Å². The lowest BCUT2D eigenvalue weighted by molar-refractivity contribution is -0.139. The average molecular weight is 300 g/mol. The van der Waals surface area contributed by atoms with E-state index in [-0.39, 0.29) is 17.4 Å². The zero-order chi connectivity index (χ0) is 15.6. The van der Waals surface area contributed by atoms with Crippen LogP contribution in [0.25, 0.3) is 0 Å². The standard InChI is InChI=1S/C18H24N2O2/c1-2-20-16(21)9-11-18(20)10-6-12-19(14-18)17(22)13-15-7-4-3-5-8-15/h3-5,7-8H,2,6,9-14H2,1H3. The van der Waals surface area contributed by atoms with E-state index in [1.807, 2.05) is 47.1 Å². The molecule has 0 saturated carbocycles. The van der Waals surface area contributed by atoms with Gasteiger partial charge >= 0.3 is 0 Å². The number of piperidine rings is 1. The fourth-order valence-corrected chi connectivity index (χ4v) is 4.02. The highest BCUT2D eigenvalue weighted by Crippen LogP contribution is 2.37. The lowest BCUT2D eigenvalue weighted by Crippen LogP contribution is -2.57. The van der Waals surface area contributed by atoms with E-state index in [1.165, 1.54) is 0 Å². The molecule has 2 aliphatic heterocycles. The summed E-state index contributed by atoms with van der Waals surface area (Å²) in [7, 11) is 0. The van der Waals surface area contributed by atoms with E-state index >= 15 is 0 Å². The van der Waals surface area contributed by atoms with Crippen LogP contribution in [0.5, 0.6) is 0 Å². The molecule has 3 rings (SSSR count). The molecule has 22 heavy (non-hydrogen) atoms. The highest BCUT2D eigenvalue weighted by atomic mass is 16.2. The van der Waals surface area contributed by atoms with Crippen LogP contribution in [-0.4, -0.2) is 46.8 Å². The number of hydrogen-bond acceptors (Lipinski definition) is 2. The Labute approximate surface area is 132 Å². The van der Waals surface area contributed by atoms with Crippen molar-refractivity contribution in [3.05, 3.63) is 35.9 Å². The number of carbonyl (C=O) groups excluding carboxylic acids is 2. The second kappa shape index (κ2) is 6.11. The van der Waals surface area contributed by atoms with Crippen LogP contribution in [0.3, 0.4) is 0 Å². The summed E-state index contributed by atoms with van der Waals surface area (Å²) in [6, 6.07) is 9.89. The number of hydrogen-bond donors (Lipinski definition) is 0. The van der Waals surface area contributed by atoms with Gasteiger partial charge in [-0.15, -0.1) is 0 Å². The maximum Gasteiger partial charge on any atom is 0.227 e. The largest absolute Gasteiger partial charge is 0.340 e. The van der Waals surface area contributed by atoms with Gasteiger partial charge in [0, 0.05) is 26.1 Å². The number of carbonyl (C=O) groups is 2. The van der Waals surface area contributed by atoms with Crippen LogP contribution >= 0.6 is 0 Å². The second-order valence-corrected chi connectivity index (χ2v) is 6.44. The SMILES string of the molecule is CCN1C(=O)CCC12CCCN(C(=O)Cc1ccccc1)C2. The molecule has 4 heteroatoms. The molecule has 1 unspecified atom stereocenters. The quantitative estimate of drug-likeness (QED) is 0.859. The summed E-state index contributed by atoms with van der Waals surface area (Å²) in [6.07, 6.45) is 4.01. The van der Waals surface area contributed by atoms with E-state index in [0.29, 0.717) is 19.4 Å². The molecule has 1 spiro atoms. The molecular weight excluding hydrogens is 276 g/mol. The number of benzene rings is 1. The van der Waals surface area contributed by atoms with Crippen LogP contribution in [0.15, 0.2) is 30.3 Å². The topological polar surface area (TPSA) is 40.6 Å². The van der Waals surface area contributed by atoms with Gasteiger partial charge in [-0.1, -0.05) is 30.3 Å². The molecular formula is C18H24N2O2. The second-order valence-electron chi connectivity index (χ2n) is 6.44. The third kappa shape index (κ3) is 2.74. The first kappa shape index (κ1) is 15.1. The predicted octanol–water partition coefficient (Wildman–Crippen LogP) is 2.23. The number of amides is 2. The average Bonchev–Trinajstić information content (AvgIpc) is 2.83. The fourth-order valence-electron chi connectivity index (χ4n) is 4.02. The summed E-state index contributed by atoms with van der Waals surface area (Å²) in [5.74, 6) is 0.431. The van der Waals surface area contributed by atoms with Crippen LogP contribution in [0, 0.1) is 0 Å². The van der Waals surface area contributed by atoms with Crippen molar-refractivity contribution in [2.24, 2.45) is 0 Å². The number of rotatable bonds is 3. The molecule has 2 heterocycles. The van der Waals surface area contributed by atoms with Crippen LogP contribution < -0.4 is 0 Å². The van der Waals surface area contributed by atoms with Crippen molar-refractivity contribution in [3.63, 3.8) is 0 Å². The van der Waals surface area contributed by atoms with Gasteiger partial charge in [-0.2, -0.15) is 0 Å². The third-order valence-electron chi connectivity index (χ3n) is 5.10. The molecule has 2 fully saturated rings. The monoisotopic (exact) mass is 300 g/mol. The van der Waals surface area contributed by atoms with Crippen LogP contribution in [-0.2, 0) is 16.0 Å². The third-order valence-corrected chi connectivity index (χ3v) is 5.10. The Hall–Kier alpha value is -1.84. The minimum absolute atomic E-state index is 0.101. The Balaban J connectivity index is 1.70. The van der Waals surface area contributed by atoms with Crippen molar-refractivity contribution in [3.8, 4) is 0 Å². The van der Waals surface area contributed by atoms with Gasteiger partial charge in [0.05, 0.1) is 12.0 Å². The molecule has 0 radical (unpaired) electrons. The lowest BCUT2D eigenvalue weighted by atomic mass is 9.86. The van der Waals surface area contributed by atoms with Crippen molar-refractivity contribution in [1.29, 1.82) is 0 Å². The Bertz CT molecular complexity index is 557. The Kier molecular flexibility index (Phi) is 4.19. The van der Waals surface area contributed by atoms with Crippen molar-refractivity contribution in [2.45, 2.75) is 44.6 Å². The first-order chi connectivity index (χ1) is 10.6.